The first-order chi connectivity index (χ1) is 10.9. The van der Waals surface area contributed by atoms with Crippen molar-refractivity contribution in [2.45, 2.75) is 29.1 Å². The Bertz CT molecular complexity index is 733. The molecule has 0 heterocycles. The van der Waals surface area contributed by atoms with Crippen LogP contribution in [-0.2, 0) is 4.79 Å². The highest BCUT2D eigenvalue weighted by Gasteiger charge is 2.23. The van der Waals surface area contributed by atoms with Gasteiger partial charge in [-0.05, 0) is 42.3 Å². The Balaban J connectivity index is 2.38. The van der Waals surface area contributed by atoms with E-state index < -0.39 is 16.8 Å². The molecule has 0 aliphatic rings. The lowest BCUT2D eigenvalue weighted by molar-refractivity contribution is -0.387. The maximum Gasteiger partial charge on any atom is 0.310 e. The van der Waals surface area contributed by atoms with Gasteiger partial charge in [0.25, 0.3) is 5.69 Å². The normalized spacial score (nSPS) is 11.9. The molecule has 120 valence electrons. The summed E-state index contributed by atoms with van der Waals surface area (Å²) in [4.78, 5) is 23.3. The molecule has 1 atom stereocenters. The summed E-state index contributed by atoms with van der Waals surface area (Å²) in [6, 6.07) is 11.5. The van der Waals surface area contributed by atoms with Crippen LogP contribution in [0.15, 0.2) is 52.3 Å². The minimum Gasteiger partial charge on any atom is -0.481 e. The minimum atomic E-state index is -0.986. The molecular formula is C16H14ClNO4S. The molecule has 23 heavy (non-hydrogen) atoms. The van der Waals surface area contributed by atoms with Crippen molar-refractivity contribution in [3.05, 3.63) is 63.2 Å². The Kier molecular flexibility index (Phi) is 5.63. The highest BCUT2D eigenvalue weighted by atomic mass is 35.5. The van der Waals surface area contributed by atoms with Gasteiger partial charge in [0.1, 0.15) is 0 Å². The number of nitro groups is 1. The molecule has 2 rings (SSSR count). The van der Waals surface area contributed by atoms with E-state index in [1.165, 1.54) is 17.8 Å². The van der Waals surface area contributed by atoms with E-state index in [4.69, 9.17) is 11.6 Å². The molecule has 0 amide bonds. The number of carboxylic acids is 1. The number of nitrogens with zero attached hydrogens (tertiary/aromatic N) is 1. The number of aliphatic carboxylic acids is 1. The molecule has 0 spiro atoms. The largest absolute Gasteiger partial charge is 0.481 e. The van der Waals surface area contributed by atoms with Crippen LogP contribution in [0.5, 0.6) is 0 Å². The van der Waals surface area contributed by atoms with E-state index in [9.17, 15) is 20.0 Å². The first-order valence-electron chi connectivity index (χ1n) is 6.87. The fraction of sp³-hybridized carbons (Fsp3) is 0.188. The van der Waals surface area contributed by atoms with Crippen LogP contribution >= 0.6 is 23.4 Å². The monoisotopic (exact) mass is 351 g/mol. The predicted octanol–water partition coefficient (Wildman–Crippen LogP) is 4.98. The van der Waals surface area contributed by atoms with Crippen molar-refractivity contribution in [1.82, 2.24) is 0 Å². The highest BCUT2D eigenvalue weighted by Crippen LogP contribution is 2.37. The van der Waals surface area contributed by atoms with Crippen LogP contribution in [0, 0.1) is 10.1 Å². The van der Waals surface area contributed by atoms with Crippen LogP contribution in [0.4, 0.5) is 5.69 Å². The molecule has 0 radical (unpaired) electrons. The van der Waals surface area contributed by atoms with Gasteiger partial charge < -0.3 is 5.11 Å². The van der Waals surface area contributed by atoms with Crippen LogP contribution < -0.4 is 0 Å². The van der Waals surface area contributed by atoms with E-state index in [0.717, 1.165) is 4.90 Å². The number of hydrogen-bond acceptors (Lipinski definition) is 4. The molecule has 2 aromatic rings. The van der Waals surface area contributed by atoms with E-state index >= 15 is 0 Å². The first kappa shape index (κ1) is 17.3. The highest BCUT2D eigenvalue weighted by molar-refractivity contribution is 7.99. The Labute approximate surface area is 142 Å². The third-order valence-corrected chi connectivity index (χ3v) is 4.65. The number of halogens is 1. The summed E-state index contributed by atoms with van der Waals surface area (Å²) in [6.07, 6.45) is 0.371. The number of rotatable bonds is 6. The van der Waals surface area contributed by atoms with Gasteiger partial charge in [0.15, 0.2) is 0 Å². The average Bonchev–Trinajstić information content (AvgIpc) is 2.51. The Morgan fingerprint density at radius 2 is 1.96 bits per heavy atom. The predicted molar refractivity (Wildman–Crippen MR) is 89.3 cm³/mol. The third-order valence-electron chi connectivity index (χ3n) is 3.33. The molecular weight excluding hydrogens is 338 g/mol. The standard InChI is InChI=1S/C16H14ClNO4S/c1-2-13(16(19)20)10-3-8-15(14(9-10)18(21)22)23-12-6-4-11(17)5-7-12/h3-9,13H,2H2,1H3,(H,19,20). The van der Waals surface area contributed by atoms with Crippen LogP contribution in [0.1, 0.15) is 24.8 Å². The molecule has 0 aliphatic heterocycles. The maximum absolute atomic E-state index is 11.3. The van der Waals surface area contributed by atoms with Gasteiger partial charge in [0.05, 0.1) is 15.7 Å². The van der Waals surface area contributed by atoms with E-state index in [0.29, 0.717) is 21.9 Å². The van der Waals surface area contributed by atoms with E-state index in [2.05, 4.69) is 0 Å². The molecule has 2 aromatic carbocycles. The first-order valence-corrected chi connectivity index (χ1v) is 8.06. The Morgan fingerprint density at radius 3 is 2.48 bits per heavy atom. The topological polar surface area (TPSA) is 80.4 Å². The SMILES string of the molecule is CCC(C(=O)O)c1ccc(Sc2ccc(Cl)cc2)c([N+](=O)[O-])c1. The summed E-state index contributed by atoms with van der Waals surface area (Å²) in [6.45, 7) is 1.74. The molecule has 1 unspecified atom stereocenters. The Hall–Kier alpha value is -2.05. The van der Waals surface area contributed by atoms with Gasteiger partial charge in [-0.15, -0.1) is 0 Å². The Morgan fingerprint density at radius 1 is 1.30 bits per heavy atom. The van der Waals surface area contributed by atoms with Crippen molar-refractivity contribution in [2.75, 3.05) is 0 Å². The van der Waals surface area contributed by atoms with Crippen LogP contribution in [0.25, 0.3) is 0 Å². The third kappa shape index (κ3) is 4.24. The van der Waals surface area contributed by atoms with Gasteiger partial charge in [-0.1, -0.05) is 36.4 Å². The smallest absolute Gasteiger partial charge is 0.310 e. The summed E-state index contributed by atoms with van der Waals surface area (Å²) < 4.78 is 0. The second kappa shape index (κ2) is 7.48. The summed E-state index contributed by atoms with van der Waals surface area (Å²) in [5, 5.41) is 21.1. The number of hydrogen-bond donors (Lipinski definition) is 1. The summed E-state index contributed by atoms with van der Waals surface area (Å²) in [5.74, 6) is -1.73. The minimum absolute atomic E-state index is 0.0952. The van der Waals surface area contributed by atoms with E-state index in [1.807, 2.05) is 0 Å². The van der Waals surface area contributed by atoms with Crippen molar-refractivity contribution < 1.29 is 14.8 Å². The van der Waals surface area contributed by atoms with Crippen molar-refractivity contribution in [2.24, 2.45) is 0 Å². The molecule has 0 fully saturated rings. The summed E-state index contributed by atoms with van der Waals surface area (Å²) in [7, 11) is 0. The quantitative estimate of drug-likeness (QED) is 0.586. The van der Waals surface area contributed by atoms with Gasteiger partial charge >= 0.3 is 5.97 Å². The van der Waals surface area contributed by atoms with Gasteiger partial charge in [-0.3, -0.25) is 14.9 Å². The van der Waals surface area contributed by atoms with Crippen LogP contribution in [-0.4, -0.2) is 16.0 Å². The summed E-state index contributed by atoms with van der Waals surface area (Å²) in [5.41, 5.74) is 0.342. The van der Waals surface area contributed by atoms with Gasteiger partial charge in [0, 0.05) is 16.0 Å². The number of benzene rings is 2. The van der Waals surface area contributed by atoms with Crippen LogP contribution in [0.3, 0.4) is 0 Å². The maximum atomic E-state index is 11.3. The van der Waals surface area contributed by atoms with E-state index in [1.54, 1.807) is 43.3 Å². The lowest BCUT2D eigenvalue weighted by Gasteiger charge is -2.11. The second-order valence-electron chi connectivity index (χ2n) is 4.84. The van der Waals surface area contributed by atoms with Gasteiger partial charge in [-0.2, -0.15) is 0 Å². The molecule has 0 aliphatic carbocycles. The summed E-state index contributed by atoms with van der Waals surface area (Å²) >= 11 is 7.06. The van der Waals surface area contributed by atoms with Gasteiger partial charge in [0.2, 0.25) is 0 Å². The fourth-order valence-corrected chi connectivity index (χ4v) is 3.19. The number of carboxylic acid groups (broad SMARTS) is 1. The van der Waals surface area contributed by atoms with Gasteiger partial charge in [-0.25, -0.2) is 0 Å². The molecule has 0 saturated carbocycles. The second-order valence-corrected chi connectivity index (χ2v) is 6.39. The zero-order chi connectivity index (χ0) is 17.0. The zero-order valence-electron chi connectivity index (χ0n) is 12.2. The van der Waals surface area contributed by atoms with E-state index in [-0.39, 0.29) is 5.69 Å². The lowest BCUT2D eigenvalue weighted by Crippen LogP contribution is -2.10. The number of carbonyl (C=O) groups is 1. The van der Waals surface area contributed by atoms with Crippen LogP contribution in [0.2, 0.25) is 5.02 Å². The average molecular weight is 352 g/mol. The molecule has 5 nitrogen and oxygen atoms in total. The van der Waals surface area contributed by atoms with Crippen molar-refractivity contribution in [3.8, 4) is 0 Å². The molecule has 0 aromatic heterocycles. The van der Waals surface area contributed by atoms with Crippen molar-refractivity contribution >= 4 is 35.0 Å². The molecule has 0 bridgehead atoms. The molecule has 7 heteroatoms. The van der Waals surface area contributed by atoms with Crippen molar-refractivity contribution in [3.63, 3.8) is 0 Å². The molecule has 1 N–H and O–H groups in total. The lowest BCUT2D eigenvalue weighted by atomic mass is 9.96. The fourth-order valence-electron chi connectivity index (χ4n) is 2.16. The van der Waals surface area contributed by atoms with Crippen molar-refractivity contribution in [1.29, 1.82) is 0 Å². The molecule has 0 saturated heterocycles. The zero-order valence-corrected chi connectivity index (χ0v) is 13.8. The number of nitro benzene ring substituents is 1.